The average molecular weight is 235 g/mol. The molecule has 7 heteroatoms. The van der Waals surface area contributed by atoms with Gasteiger partial charge in [-0.25, -0.2) is 18.0 Å². The molecular weight excluding hydrogens is 227 g/mol. The minimum absolute atomic E-state index is 0.398. The number of carbonyl (C=O) groups excluding carboxylic acids is 1. The van der Waals surface area contributed by atoms with Gasteiger partial charge in [0.15, 0.2) is 11.6 Å². The molecule has 16 heavy (non-hydrogen) atoms. The van der Waals surface area contributed by atoms with E-state index in [9.17, 15) is 18.0 Å². The number of pyridine rings is 1. The third-order valence-corrected chi connectivity index (χ3v) is 1.83. The fraction of sp³-hybridized carbons (Fsp3) is 0.333. The standard InChI is InChI=1S/C9H8F3NO3/c1-15-4-3-13-7(8(11)12)5(6(4)10)9(14)16-2/h3,8H,1-2H3. The van der Waals surface area contributed by atoms with Gasteiger partial charge in [0.2, 0.25) is 0 Å². The SMILES string of the molecule is COC(=O)c1c(C(F)F)ncc(OC)c1F. The second-order valence-corrected chi connectivity index (χ2v) is 2.69. The van der Waals surface area contributed by atoms with Crippen LogP contribution in [-0.2, 0) is 4.74 Å². The first-order valence-corrected chi connectivity index (χ1v) is 4.11. The molecule has 0 spiro atoms. The summed E-state index contributed by atoms with van der Waals surface area (Å²) in [7, 11) is 2.08. The highest BCUT2D eigenvalue weighted by Crippen LogP contribution is 2.28. The molecule has 0 aliphatic rings. The number of esters is 1. The summed E-state index contributed by atoms with van der Waals surface area (Å²) in [5, 5.41) is 0. The first kappa shape index (κ1) is 12.3. The molecule has 1 aromatic heterocycles. The molecule has 0 bridgehead atoms. The molecular formula is C9H8F3NO3. The Balaban J connectivity index is 3.42. The molecule has 0 saturated carbocycles. The van der Waals surface area contributed by atoms with E-state index < -0.39 is 35.2 Å². The number of aromatic nitrogens is 1. The van der Waals surface area contributed by atoms with Crippen LogP contribution in [0.1, 0.15) is 22.5 Å². The first-order valence-electron chi connectivity index (χ1n) is 4.11. The highest BCUT2D eigenvalue weighted by Gasteiger charge is 2.27. The highest BCUT2D eigenvalue weighted by atomic mass is 19.3. The Bertz CT molecular complexity index is 409. The molecule has 0 aromatic carbocycles. The molecule has 1 aromatic rings. The van der Waals surface area contributed by atoms with Gasteiger partial charge < -0.3 is 9.47 Å². The van der Waals surface area contributed by atoms with E-state index in [0.717, 1.165) is 20.4 Å². The van der Waals surface area contributed by atoms with Crippen LogP contribution >= 0.6 is 0 Å². The topological polar surface area (TPSA) is 48.4 Å². The number of halogens is 3. The Morgan fingerprint density at radius 1 is 1.44 bits per heavy atom. The molecule has 0 amide bonds. The number of hydrogen-bond acceptors (Lipinski definition) is 4. The van der Waals surface area contributed by atoms with Gasteiger partial charge in [-0.05, 0) is 0 Å². The number of alkyl halides is 2. The molecule has 0 saturated heterocycles. The molecule has 4 nitrogen and oxygen atoms in total. The van der Waals surface area contributed by atoms with Crippen LogP contribution in [0.4, 0.5) is 13.2 Å². The summed E-state index contributed by atoms with van der Waals surface area (Å²) in [4.78, 5) is 14.4. The lowest BCUT2D eigenvalue weighted by Crippen LogP contribution is -2.12. The maximum Gasteiger partial charge on any atom is 0.343 e. The quantitative estimate of drug-likeness (QED) is 0.751. The van der Waals surface area contributed by atoms with Gasteiger partial charge in [0, 0.05) is 0 Å². The molecule has 1 rings (SSSR count). The van der Waals surface area contributed by atoms with Gasteiger partial charge in [-0.1, -0.05) is 0 Å². The predicted octanol–water partition coefficient (Wildman–Crippen LogP) is 1.95. The summed E-state index contributed by atoms with van der Waals surface area (Å²) in [5.41, 5.74) is -1.87. The Hall–Kier alpha value is -1.79. The van der Waals surface area contributed by atoms with Gasteiger partial charge in [-0.2, -0.15) is 0 Å². The predicted molar refractivity (Wildman–Crippen MR) is 47.0 cm³/mol. The van der Waals surface area contributed by atoms with Gasteiger partial charge in [-0.3, -0.25) is 4.98 Å². The summed E-state index contributed by atoms with van der Waals surface area (Å²) in [6.07, 6.45) is -2.29. The van der Waals surface area contributed by atoms with E-state index in [1.165, 1.54) is 0 Å². The second kappa shape index (κ2) is 4.82. The summed E-state index contributed by atoms with van der Waals surface area (Å²) < 4.78 is 47.2. The van der Waals surface area contributed by atoms with Crippen molar-refractivity contribution in [3.05, 3.63) is 23.3 Å². The van der Waals surface area contributed by atoms with Crippen molar-refractivity contribution in [3.63, 3.8) is 0 Å². The molecule has 0 unspecified atom stereocenters. The zero-order valence-corrected chi connectivity index (χ0v) is 8.46. The van der Waals surface area contributed by atoms with Crippen LogP contribution in [-0.4, -0.2) is 25.2 Å². The summed E-state index contributed by atoms with van der Waals surface area (Å²) >= 11 is 0. The van der Waals surface area contributed by atoms with Gasteiger partial charge in [0.05, 0.1) is 20.4 Å². The Morgan fingerprint density at radius 3 is 2.50 bits per heavy atom. The second-order valence-electron chi connectivity index (χ2n) is 2.69. The Kier molecular flexibility index (Phi) is 3.70. The maximum atomic E-state index is 13.5. The third kappa shape index (κ3) is 2.07. The summed E-state index contributed by atoms with van der Waals surface area (Å²) in [5.74, 6) is -2.83. The van der Waals surface area contributed by atoms with Crippen LogP contribution in [0.3, 0.4) is 0 Å². The van der Waals surface area contributed by atoms with Crippen LogP contribution in [0.15, 0.2) is 6.20 Å². The number of rotatable bonds is 3. The van der Waals surface area contributed by atoms with E-state index in [4.69, 9.17) is 0 Å². The smallest absolute Gasteiger partial charge is 0.343 e. The van der Waals surface area contributed by atoms with Crippen LogP contribution in [0.25, 0.3) is 0 Å². The fourth-order valence-electron chi connectivity index (χ4n) is 1.09. The lowest BCUT2D eigenvalue weighted by atomic mass is 10.2. The number of nitrogens with zero attached hydrogens (tertiary/aromatic N) is 1. The van der Waals surface area contributed by atoms with Crippen molar-refractivity contribution in [2.75, 3.05) is 14.2 Å². The van der Waals surface area contributed by atoms with Crippen LogP contribution < -0.4 is 4.74 Å². The van der Waals surface area contributed by atoms with E-state index >= 15 is 0 Å². The fourth-order valence-corrected chi connectivity index (χ4v) is 1.09. The Labute approximate surface area is 89.0 Å². The van der Waals surface area contributed by atoms with Crippen molar-refractivity contribution in [2.45, 2.75) is 6.43 Å². The number of carbonyl (C=O) groups is 1. The average Bonchev–Trinajstić information content (AvgIpc) is 2.27. The van der Waals surface area contributed by atoms with E-state index in [2.05, 4.69) is 14.5 Å². The van der Waals surface area contributed by atoms with Crippen molar-refractivity contribution in [1.29, 1.82) is 0 Å². The zero-order chi connectivity index (χ0) is 12.3. The van der Waals surface area contributed by atoms with E-state index in [0.29, 0.717) is 0 Å². The number of ether oxygens (including phenoxy) is 2. The molecule has 1 heterocycles. The van der Waals surface area contributed by atoms with Crippen LogP contribution in [0.5, 0.6) is 5.75 Å². The monoisotopic (exact) mass is 235 g/mol. The molecule has 88 valence electrons. The van der Waals surface area contributed by atoms with E-state index in [1.54, 1.807) is 0 Å². The van der Waals surface area contributed by atoms with Crippen LogP contribution in [0.2, 0.25) is 0 Å². The van der Waals surface area contributed by atoms with Crippen molar-refractivity contribution in [2.24, 2.45) is 0 Å². The number of hydrogen-bond donors (Lipinski definition) is 0. The minimum Gasteiger partial charge on any atom is -0.492 e. The molecule has 0 fully saturated rings. The minimum atomic E-state index is -3.07. The van der Waals surface area contributed by atoms with Gasteiger partial charge >= 0.3 is 5.97 Å². The van der Waals surface area contributed by atoms with Crippen LogP contribution in [0, 0.1) is 5.82 Å². The Morgan fingerprint density at radius 2 is 2.06 bits per heavy atom. The molecule has 0 aliphatic heterocycles. The van der Waals surface area contributed by atoms with Gasteiger partial charge in [0.25, 0.3) is 6.43 Å². The largest absolute Gasteiger partial charge is 0.492 e. The van der Waals surface area contributed by atoms with Gasteiger partial charge in [-0.15, -0.1) is 0 Å². The molecule has 0 radical (unpaired) electrons. The van der Waals surface area contributed by atoms with Gasteiger partial charge in [0.1, 0.15) is 11.3 Å². The molecule has 0 N–H and O–H groups in total. The third-order valence-electron chi connectivity index (χ3n) is 1.83. The van der Waals surface area contributed by atoms with Crippen molar-refractivity contribution in [3.8, 4) is 5.75 Å². The lowest BCUT2D eigenvalue weighted by Gasteiger charge is -2.09. The first-order chi connectivity index (χ1) is 7.52. The van der Waals surface area contributed by atoms with Crippen molar-refractivity contribution >= 4 is 5.97 Å². The maximum absolute atomic E-state index is 13.5. The molecule has 0 atom stereocenters. The van der Waals surface area contributed by atoms with Crippen molar-refractivity contribution < 1.29 is 27.4 Å². The highest BCUT2D eigenvalue weighted by molar-refractivity contribution is 5.91. The lowest BCUT2D eigenvalue weighted by molar-refractivity contribution is 0.0579. The summed E-state index contributed by atoms with van der Waals surface area (Å²) in [6.45, 7) is 0. The van der Waals surface area contributed by atoms with E-state index in [-0.39, 0.29) is 0 Å². The number of methoxy groups -OCH3 is 2. The zero-order valence-electron chi connectivity index (χ0n) is 8.46. The summed E-state index contributed by atoms with van der Waals surface area (Å²) in [6, 6.07) is 0. The van der Waals surface area contributed by atoms with Crippen molar-refractivity contribution in [1.82, 2.24) is 4.98 Å². The van der Waals surface area contributed by atoms with E-state index in [1.807, 2.05) is 0 Å². The molecule has 0 aliphatic carbocycles. The normalized spacial score (nSPS) is 10.4.